The van der Waals surface area contributed by atoms with Gasteiger partial charge in [0.1, 0.15) is 0 Å². The number of ether oxygens (including phenoxy) is 1. The summed E-state index contributed by atoms with van der Waals surface area (Å²) in [6.45, 7) is 2.46. The molecular weight excluding hydrogens is 238 g/mol. The topological polar surface area (TPSA) is 29.5 Å². The third-order valence-electron chi connectivity index (χ3n) is 3.52. The maximum Gasteiger partial charge on any atom is 0.273 e. The molecule has 1 heterocycles. The number of hydrogen-bond donors (Lipinski definition) is 1. The van der Waals surface area contributed by atoms with Crippen molar-refractivity contribution in [1.82, 2.24) is 0 Å². The predicted octanol–water partition coefficient (Wildman–Crippen LogP) is 2.84. The lowest BCUT2D eigenvalue weighted by Crippen LogP contribution is -2.49. The van der Waals surface area contributed by atoms with Gasteiger partial charge in [-0.1, -0.05) is 31.5 Å². The zero-order valence-corrected chi connectivity index (χ0v) is 10.5. The molecule has 1 saturated heterocycles. The average Bonchev–Trinajstić information content (AvgIpc) is 2.29. The molecule has 0 spiro atoms. The van der Waals surface area contributed by atoms with Gasteiger partial charge in [0.15, 0.2) is 0 Å². The van der Waals surface area contributed by atoms with Gasteiger partial charge in [-0.05, 0) is 11.6 Å². The Hall–Kier alpha value is -1.00. The van der Waals surface area contributed by atoms with Crippen molar-refractivity contribution >= 4 is 0 Å². The standard InChI is InChI=1S/C14H18F2O2/c1-2-6-14(15,16)12-5-3-4-11(7-12)13(8-17)9-18-10-13/h3-5,7,17H,2,6,8-10H2,1H3. The summed E-state index contributed by atoms with van der Waals surface area (Å²) < 4.78 is 32.8. The van der Waals surface area contributed by atoms with Crippen molar-refractivity contribution in [2.75, 3.05) is 19.8 Å². The van der Waals surface area contributed by atoms with Crippen molar-refractivity contribution in [2.24, 2.45) is 0 Å². The molecule has 0 aliphatic carbocycles. The van der Waals surface area contributed by atoms with Gasteiger partial charge in [-0.15, -0.1) is 0 Å². The van der Waals surface area contributed by atoms with Crippen molar-refractivity contribution in [3.05, 3.63) is 35.4 Å². The van der Waals surface area contributed by atoms with Gasteiger partial charge in [0.25, 0.3) is 5.92 Å². The van der Waals surface area contributed by atoms with Crippen LogP contribution in [0.25, 0.3) is 0 Å². The second-order valence-electron chi connectivity index (χ2n) is 4.97. The van der Waals surface area contributed by atoms with Crippen molar-refractivity contribution in [2.45, 2.75) is 31.1 Å². The third-order valence-corrected chi connectivity index (χ3v) is 3.52. The van der Waals surface area contributed by atoms with Crippen LogP contribution in [0.3, 0.4) is 0 Å². The molecule has 1 aliphatic rings. The summed E-state index contributed by atoms with van der Waals surface area (Å²) >= 11 is 0. The Morgan fingerprint density at radius 2 is 2.11 bits per heavy atom. The van der Waals surface area contributed by atoms with E-state index in [0.717, 1.165) is 5.56 Å². The van der Waals surface area contributed by atoms with Gasteiger partial charge < -0.3 is 9.84 Å². The summed E-state index contributed by atoms with van der Waals surface area (Å²) in [6.07, 6.45) is 0.282. The van der Waals surface area contributed by atoms with Gasteiger partial charge in [0.2, 0.25) is 0 Å². The van der Waals surface area contributed by atoms with Crippen LogP contribution in [-0.4, -0.2) is 24.9 Å². The Kier molecular flexibility index (Phi) is 3.69. The molecule has 1 N–H and O–H groups in total. The van der Waals surface area contributed by atoms with Crippen LogP contribution in [0.1, 0.15) is 30.9 Å². The van der Waals surface area contributed by atoms with Crippen molar-refractivity contribution in [1.29, 1.82) is 0 Å². The number of alkyl halides is 2. The number of aliphatic hydroxyl groups excluding tert-OH is 1. The summed E-state index contributed by atoms with van der Waals surface area (Å²) in [4.78, 5) is 0. The third kappa shape index (κ3) is 2.27. The molecule has 1 aliphatic heterocycles. The zero-order valence-electron chi connectivity index (χ0n) is 10.5. The summed E-state index contributed by atoms with van der Waals surface area (Å²) in [6, 6.07) is 6.37. The summed E-state index contributed by atoms with van der Waals surface area (Å²) in [5.41, 5.74) is 0.282. The fourth-order valence-electron chi connectivity index (χ4n) is 2.23. The lowest BCUT2D eigenvalue weighted by Gasteiger charge is -2.40. The molecule has 1 aromatic rings. The van der Waals surface area contributed by atoms with E-state index >= 15 is 0 Å². The smallest absolute Gasteiger partial charge is 0.273 e. The SMILES string of the molecule is CCCC(F)(F)c1cccc(C2(CO)COC2)c1. The van der Waals surface area contributed by atoms with E-state index < -0.39 is 11.3 Å². The van der Waals surface area contributed by atoms with Crippen LogP contribution in [0.4, 0.5) is 8.78 Å². The molecule has 0 amide bonds. The quantitative estimate of drug-likeness (QED) is 0.877. The highest BCUT2D eigenvalue weighted by Crippen LogP contribution is 2.37. The highest BCUT2D eigenvalue weighted by atomic mass is 19.3. The molecule has 0 saturated carbocycles. The van der Waals surface area contributed by atoms with Gasteiger partial charge in [0, 0.05) is 12.0 Å². The second kappa shape index (κ2) is 4.94. The van der Waals surface area contributed by atoms with Gasteiger partial charge in [-0.2, -0.15) is 0 Å². The van der Waals surface area contributed by atoms with E-state index in [1.807, 2.05) is 0 Å². The zero-order chi connectivity index (χ0) is 13.2. The molecule has 2 nitrogen and oxygen atoms in total. The molecule has 0 unspecified atom stereocenters. The van der Waals surface area contributed by atoms with E-state index in [4.69, 9.17) is 4.74 Å². The Morgan fingerprint density at radius 1 is 1.39 bits per heavy atom. The van der Waals surface area contributed by atoms with E-state index in [1.165, 1.54) is 12.1 Å². The molecule has 1 aromatic carbocycles. The molecule has 0 atom stereocenters. The lowest BCUT2D eigenvalue weighted by molar-refractivity contribution is -0.0845. The van der Waals surface area contributed by atoms with Crippen LogP contribution in [0.5, 0.6) is 0 Å². The Labute approximate surface area is 106 Å². The first kappa shape index (κ1) is 13.4. The predicted molar refractivity (Wildman–Crippen MR) is 64.8 cm³/mol. The van der Waals surface area contributed by atoms with Gasteiger partial charge in [0.05, 0.1) is 25.2 Å². The van der Waals surface area contributed by atoms with Gasteiger partial charge in [-0.3, -0.25) is 0 Å². The first-order valence-corrected chi connectivity index (χ1v) is 6.21. The first-order valence-electron chi connectivity index (χ1n) is 6.21. The van der Waals surface area contributed by atoms with Crippen molar-refractivity contribution in [3.63, 3.8) is 0 Å². The maximum absolute atomic E-state index is 13.9. The fourth-order valence-corrected chi connectivity index (χ4v) is 2.23. The minimum Gasteiger partial charge on any atom is -0.395 e. The van der Waals surface area contributed by atoms with E-state index in [9.17, 15) is 13.9 Å². The molecular formula is C14H18F2O2. The van der Waals surface area contributed by atoms with Crippen molar-refractivity contribution < 1.29 is 18.6 Å². The summed E-state index contributed by atoms with van der Waals surface area (Å²) in [5, 5.41) is 9.42. The van der Waals surface area contributed by atoms with Crippen molar-refractivity contribution in [3.8, 4) is 0 Å². The fraction of sp³-hybridized carbons (Fsp3) is 0.571. The van der Waals surface area contributed by atoms with E-state index in [0.29, 0.717) is 19.6 Å². The van der Waals surface area contributed by atoms with Crippen LogP contribution in [0.2, 0.25) is 0 Å². The normalized spacial score (nSPS) is 18.4. The molecule has 1 fully saturated rings. The van der Waals surface area contributed by atoms with Crippen LogP contribution in [0, 0.1) is 0 Å². The van der Waals surface area contributed by atoms with Crippen LogP contribution >= 0.6 is 0 Å². The maximum atomic E-state index is 13.9. The first-order chi connectivity index (χ1) is 8.54. The molecule has 18 heavy (non-hydrogen) atoms. The van der Waals surface area contributed by atoms with E-state index in [1.54, 1.807) is 19.1 Å². The monoisotopic (exact) mass is 256 g/mol. The minimum absolute atomic E-state index is 0.0292. The number of halogens is 2. The molecule has 0 bridgehead atoms. The molecule has 0 aromatic heterocycles. The molecule has 2 rings (SSSR count). The average molecular weight is 256 g/mol. The number of hydrogen-bond acceptors (Lipinski definition) is 2. The van der Waals surface area contributed by atoms with Crippen LogP contribution in [-0.2, 0) is 16.1 Å². The van der Waals surface area contributed by atoms with Gasteiger partial charge >= 0.3 is 0 Å². The van der Waals surface area contributed by atoms with Crippen LogP contribution in [0.15, 0.2) is 24.3 Å². The summed E-state index contributed by atoms with van der Waals surface area (Å²) in [7, 11) is 0. The lowest BCUT2D eigenvalue weighted by atomic mass is 9.78. The Bertz CT molecular complexity index is 409. The van der Waals surface area contributed by atoms with E-state index in [-0.39, 0.29) is 18.6 Å². The van der Waals surface area contributed by atoms with Crippen LogP contribution < -0.4 is 0 Å². The molecule has 100 valence electrons. The number of aliphatic hydroxyl groups is 1. The Balaban J connectivity index is 2.30. The highest BCUT2D eigenvalue weighted by molar-refractivity contribution is 5.34. The Morgan fingerprint density at radius 3 is 2.61 bits per heavy atom. The minimum atomic E-state index is -2.80. The number of rotatable bonds is 5. The largest absolute Gasteiger partial charge is 0.395 e. The van der Waals surface area contributed by atoms with E-state index in [2.05, 4.69) is 0 Å². The molecule has 0 radical (unpaired) electrons. The number of benzene rings is 1. The van der Waals surface area contributed by atoms with Gasteiger partial charge in [-0.25, -0.2) is 8.78 Å². The molecule has 4 heteroatoms. The summed E-state index contributed by atoms with van der Waals surface area (Å²) in [5.74, 6) is -2.80. The second-order valence-corrected chi connectivity index (χ2v) is 4.97. The highest BCUT2D eigenvalue weighted by Gasteiger charge is 2.41.